The number of pyridine rings is 1. The second kappa shape index (κ2) is 6.18. The minimum atomic E-state index is -3.67. The molecule has 0 atom stereocenters. The molecule has 5 nitrogen and oxygen atoms in total. The number of hydrogen-bond donors (Lipinski definition) is 1. The molecule has 0 aliphatic heterocycles. The molecule has 0 fully saturated rings. The van der Waals surface area contributed by atoms with Gasteiger partial charge in [0, 0.05) is 17.1 Å². The standard InChI is InChI=1S/C17H15N3O2S/c1-13-7-9-16(10-8-13)23(21,22)20-19-12-15-5-2-4-14-6-3-11-18-17(14)15/h2-12,20H,1H3/b19-12-. The van der Waals surface area contributed by atoms with Crippen LogP contribution >= 0.6 is 0 Å². The minimum absolute atomic E-state index is 0.177. The first-order chi connectivity index (χ1) is 11.1. The van der Waals surface area contributed by atoms with Gasteiger partial charge in [-0.3, -0.25) is 4.98 Å². The van der Waals surface area contributed by atoms with Gasteiger partial charge in [0.15, 0.2) is 0 Å². The molecule has 0 aliphatic rings. The van der Waals surface area contributed by atoms with Crippen LogP contribution < -0.4 is 4.83 Å². The van der Waals surface area contributed by atoms with E-state index < -0.39 is 10.0 Å². The molecule has 3 aromatic rings. The number of para-hydroxylation sites is 1. The zero-order valence-electron chi connectivity index (χ0n) is 12.5. The molecule has 6 heteroatoms. The van der Waals surface area contributed by atoms with Crippen LogP contribution in [0, 0.1) is 6.92 Å². The molecule has 0 amide bonds. The number of aromatic nitrogens is 1. The highest BCUT2D eigenvalue weighted by Gasteiger charge is 2.11. The van der Waals surface area contributed by atoms with Gasteiger partial charge in [-0.25, -0.2) is 4.83 Å². The molecular formula is C17H15N3O2S. The molecular weight excluding hydrogens is 310 g/mol. The van der Waals surface area contributed by atoms with Crippen LogP contribution in [0.15, 0.2) is 70.8 Å². The van der Waals surface area contributed by atoms with E-state index in [2.05, 4.69) is 14.9 Å². The summed E-state index contributed by atoms with van der Waals surface area (Å²) in [7, 11) is -3.67. The number of fused-ring (bicyclic) bond motifs is 1. The van der Waals surface area contributed by atoms with Crippen molar-refractivity contribution in [2.45, 2.75) is 11.8 Å². The summed E-state index contributed by atoms with van der Waals surface area (Å²) in [6.45, 7) is 1.90. The number of nitrogens with zero attached hydrogens (tertiary/aromatic N) is 2. The molecule has 0 saturated heterocycles. The largest absolute Gasteiger partial charge is 0.276 e. The fourth-order valence-electron chi connectivity index (χ4n) is 2.17. The zero-order chi connectivity index (χ0) is 16.3. The summed E-state index contributed by atoms with van der Waals surface area (Å²) in [5, 5.41) is 4.83. The highest BCUT2D eigenvalue weighted by atomic mass is 32.2. The van der Waals surface area contributed by atoms with Crippen molar-refractivity contribution < 1.29 is 8.42 Å². The van der Waals surface area contributed by atoms with Gasteiger partial charge in [-0.1, -0.05) is 42.0 Å². The Kier molecular flexibility index (Phi) is 4.08. The topological polar surface area (TPSA) is 71.4 Å². The Morgan fingerprint density at radius 3 is 2.57 bits per heavy atom. The molecule has 0 aliphatic carbocycles. The number of aryl methyl sites for hydroxylation is 1. The second-order valence-electron chi connectivity index (χ2n) is 5.09. The van der Waals surface area contributed by atoms with E-state index in [1.54, 1.807) is 30.5 Å². The van der Waals surface area contributed by atoms with Crippen molar-refractivity contribution in [1.29, 1.82) is 0 Å². The van der Waals surface area contributed by atoms with E-state index in [1.165, 1.54) is 6.21 Å². The Balaban J connectivity index is 1.84. The molecule has 1 N–H and O–H groups in total. The molecule has 0 spiro atoms. The van der Waals surface area contributed by atoms with Crippen molar-refractivity contribution in [3.63, 3.8) is 0 Å². The van der Waals surface area contributed by atoms with Crippen molar-refractivity contribution >= 4 is 27.1 Å². The van der Waals surface area contributed by atoms with Crippen molar-refractivity contribution in [1.82, 2.24) is 9.82 Å². The van der Waals surface area contributed by atoms with E-state index in [9.17, 15) is 8.42 Å². The first kappa shape index (κ1) is 15.2. The summed E-state index contributed by atoms with van der Waals surface area (Å²) < 4.78 is 24.3. The Labute approximate surface area is 134 Å². The predicted molar refractivity (Wildman–Crippen MR) is 90.8 cm³/mol. The monoisotopic (exact) mass is 325 g/mol. The van der Waals surface area contributed by atoms with Gasteiger partial charge < -0.3 is 0 Å². The maximum absolute atomic E-state index is 12.2. The highest BCUT2D eigenvalue weighted by molar-refractivity contribution is 7.89. The number of benzene rings is 2. The van der Waals surface area contributed by atoms with Gasteiger partial charge in [0.25, 0.3) is 10.0 Å². The molecule has 2 aromatic carbocycles. The predicted octanol–water partition coefficient (Wildman–Crippen LogP) is 2.86. The number of hydrogen-bond acceptors (Lipinski definition) is 4. The molecule has 0 bridgehead atoms. The first-order valence-electron chi connectivity index (χ1n) is 7.01. The maximum atomic E-state index is 12.2. The highest BCUT2D eigenvalue weighted by Crippen LogP contribution is 2.14. The fraction of sp³-hybridized carbons (Fsp3) is 0.0588. The summed E-state index contributed by atoms with van der Waals surface area (Å²) in [5.41, 5.74) is 2.51. The van der Waals surface area contributed by atoms with Crippen LogP contribution in [0.4, 0.5) is 0 Å². The van der Waals surface area contributed by atoms with Crippen molar-refractivity contribution in [3.05, 3.63) is 71.9 Å². The van der Waals surface area contributed by atoms with Gasteiger partial charge in [-0.2, -0.15) is 13.5 Å². The van der Waals surface area contributed by atoms with Gasteiger partial charge in [0.05, 0.1) is 16.6 Å². The Hall–Kier alpha value is -2.73. The van der Waals surface area contributed by atoms with E-state index >= 15 is 0 Å². The molecule has 0 radical (unpaired) electrons. The Bertz CT molecular complexity index is 959. The van der Waals surface area contributed by atoms with Crippen LogP contribution in [0.25, 0.3) is 10.9 Å². The minimum Gasteiger partial charge on any atom is -0.256 e. The molecule has 116 valence electrons. The van der Waals surface area contributed by atoms with E-state index in [4.69, 9.17) is 0 Å². The summed E-state index contributed by atoms with van der Waals surface area (Å²) in [6, 6.07) is 16.0. The van der Waals surface area contributed by atoms with Gasteiger partial charge in [-0.05, 0) is 25.1 Å². The van der Waals surface area contributed by atoms with Crippen LogP contribution in [0.1, 0.15) is 11.1 Å². The summed E-state index contributed by atoms with van der Waals surface area (Å²) in [6.07, 6.45) is 3.15. The second-order valence-corrected chi connectivity index (χ2v) is 6.75. The molecule has 0 unspecified atom stereocenters. The molecule has 23 heavy (non-hydrogen) atoms. The van der Waals surface area contributed by atoms with Crippen LogP contribution in [0.2, 0.25) is 0 Å². The summed E-state index contributed by atoms with van der Waals surface area (Å²) in [5.74, 6) is 0. The van der Waals surface area contributed by atoms with Gasteiger partial charge >= 0.3 is 0 Å². The normalized spacial score (nSPS) is 11.9. The fourth-order valence-corrected chi connectivity index (χ4v) is 2.96. The van der Waals surface area contributed by atoms with Gasteiger partial charge in [-0.15, -0.1) is 0 Å². The van der Waals surface area contributed by atoms with Crippen molar-refractivity contribution in [2.75, 3.05) is 0 Å². The lowest BCUT2D eigenvalue weighted by Gasteiger charge is -2.04. The number of nitrogens with one attached hydrogen (secondary N) is 1. The first-order valence-corrected chi connectivity index (χ1v) is 8.50. The smallest absolute Gasteiger partial charge is 0.256 e. The number of sulfonamides is 1. The quantitative estimate of drug-likeness (QED) is 0.592. The van der Waals surface area contributed by atoms with Gasteiger partial charge in [0.2, 0.25) is 0 Å². The van der Waals surface area contributed by atoms with Crippen molar-refractivity contribution in [3.8, 4) is 0 Å². The zero-order valence-corrected chi connectivity index (χ0v) is 13.3. The number of hydrazone groups is 1. The van der Waals surface area contributed by atoms with Gasteiger partial charge in [0.1, 0.15) is 0 Å². The van der Waals surface area contributed by atoms with Crippen LogP contribution in [0.5, 0.6) is 0 Å². The third-order valence-electron chi connectivity index (χ3n) is 3.37. The lowest BCUT2D eigenvalue weighted by molar-refractivity contribution is 0.584. The van der Waals surface area contributed by atoms with E-state index in [1.807, 2.05) is 37.3 Å². The third kappa shape index (κ3) is 3.37. The van der Waals surface area contributed by atoms with Crippen LogP contribution in [-0.2, 0) is 10.0 Å². The van der Waals surface area contributed by atoms with E-state index in [0.717, 1.165) is 22.0 Å². The van der Waals surface area contributed by atoms with E-state index in [-0.39, 0.29) is 4.90 Å². The molecule has 3 rings (SSSR count). The summed E-state index contributed by atoms with van der Waals surface area (Å²) >= 11 is 0. The Morgan fingerprint density at radius 1 is 1.04 bits per heavy atom. The third-order valence-corrected chi connectivity index (χ3v) is 4.61. The Morgan fingerprint density at radius 2 is 1.78 bits per heavy atom. The maximum Gasteiger partial charge on any atom is 0.276 e. The summed E-state index contributed by atoms with van der Waals surface area (Å²) in [4.78, 5) is 6.69. The average molecular weight is 325 g/mol. The lowest BCUT2D eigenvalue weighted by atomic mass is 10.1. The van der Waals surface area contributed by atoms with E-state index in [0.29, 0.717) is 0 Å². The van der Waals surface area contributed by atoms with Crippen LogP contribution in [0.3, 0.4) is 0 Å². The molecule has 1 heterocycles. The lowest BCUT2D eigenvalue weighted by Crippen LogP contribution is -2.18. The SMILES string of the molecule is Cc1ccc(S(=O)(=O)N/N=C\c2cccc3cccnc23)cc1. The van der Waals surface area contributed by atoms with Crippen molar-refractivity contribution in [2.24, 2.45) is 5.10 Å². The number of rotatable bonds is 4. The molecule has 1 aromatic heterocycles. The average Bonchev–Trinajstić information content (AvgIpc) is 2.55. The molecule has 0 saturated carbocycles. The van der Waals surface area contributed by atoms with Crippen LogP contribution in [-0.4, -0.2) is 19.6 Å².